The number of likely N-dealkylation sites (tertiary alicyclic amines) is 1. The topological polar surface area (TPSA) is 41.9 Å². The fourth-order valence-corrected chi connectivity index (χ4v) is 2.72. The number of aliphatic hydroxyl groups excluding tert-OH is 1. The molecule has 4 heteroatoms. The summed E-state index contributed by atoms with van der Waals surface area (Å²) in [5.74, 6) is 2.05. The summed E-state index contributed by atoms with van der Waals surface area (Å²) in [7, 11) is 0. The average Bonchev–Trinajstić information content (AvgIpc) is 2.43. The summed E-state index contributed by atoms with van der Waals surface area (Å²) < 4.78 is 11.7. The summed E-state index contributed by atoms with van der Waals surface area (Å²) in [5, 5.41) is 9.92. The minimum atomic E-state index is -0.217. The highest BCUT2D eigenvalue weighted by Crippen LogP contribution is 2.31. The number of nitrogens with zero attached hydrogens (tertiary/aromatic N) is 1. The van der Waals surface area contributed by atoms with Gasteiger partial charge in [-0.05, 0) is 31.0 Å². The van der Waals surface area contributed by atoms with E-state index in [0.717, 1.165) is 37.6 Å². The van der Waals surface area contributed by atoms with E-state index in [-0.39, 0.29) is 12.2 Å². The van der Waals surface area contributed by atoms with Gasteiger partial charge in [-0.25, -0.2) is 0 Å². The van der Waals surface area contributed by atoms with E-state index in [0.29, 0.717) is 12.5 Å². The predicted octanol–water partition coefficient (Wildman–Crippen LogP) is 1.53. The third-order valence-corrected chi connectivity index (χ3v) is 4.03. The predicted molar refractivity (Wildman–Crippen MR) is 72.6 cm³/mol. The molecule has 3 rings (SSSR count). The smallest absolute Gasteiger partial charge is 0.161 e. The van der Waals surface area contributed by atoms with Gasteiger partial charge >= 0.3 is 0 Å². The van der Waals surface area contributed by atoms with Crippen LogP contribution in [0.3, 0.4) is 0 Å². The van der Waals surface area contributed by atoms with Gasteiger partial charge in [-0.2, -0.15) is 0 Å². The van der Waals surface area contributed by atoms with E-state index in [9.17, 15) is 5.11 Å². The maximum absolute atomic E-state index is 9.92. The Morgan fingerprint density at radius 2 is 2.11 bits per heavy atom. The standard InChI is InChI=1S/C15H21NO3/c1-11-6-7-16(9-13(11)17)8-12-10-18-14-4-2-3-5-15(14)19-12/h2-5,11-13,17H,6-10H2,1H3. The molecular weight excluding hydrogens is 242 g/mol. The minimum Gasteiger partial charge on any atom is -0.486 e. The molecule has 1 fully saturated rings. The number of benzene rings is 1. The summed E-state index contributed by atoms with van der Waals surface area (Å²) in [6, 6.07) is 7.77. The second-order valence-electron chi connectivity index (χ2n) is 5.59. The quantitative estimate of drug-likeness (QED) is 0.878. The van der Waals surface area contributed by atoms with Crippen molar-refractivity contribution >= 4 is 0 Å². The van der Waals surface area contributed by atoms with Crippen molar-refractivity contribution in [2.45, 2.75) is 25.6 Å². The first-order valence-electron chi connectivity index (χ1n) is 7.01. The average molecular weight is 263 g/mol. The van der Waals surface area contributed by atoms with Crippen LogP contribution in [-0.2, 0) is 0 Å². The summed E-state index contributed by atoms with van der Waals surface area (Å²) in [6.07, 6.45) is 0.881. The van der Waals surface area contributed by atoms with Gasteiger partial charge in [-0.15, -0.1) is 0 Å². The van der Waals surface area contributed by atoms with Gasteiger partial charge in [0.1, 0.15) is 12.7 Å². The lowest BCUT2D eigenvalue weighted by molar-refractivity contribution is -0.00111. The highest BCUT2D eigenvalue weighted by atomic mass is 16.6. The first-order valence-corrected chi connectivity index (χ1v) is 7.01. The van der Waals surface area contributed by atoms with Gasteiger partial charge in [0.05, 0.1) is 6.10 Å². The molecule has 1 aromatic carbocycles. The van der Waals surface area contributed by atoms with Crippen molar-refractivity contribution in [2.24, 2.45) is 5.92 Å². The largest absolute Gasteiger partial charge is 0.486 e. The first kappa shape index (κ1) is 12.8. The molecule has 0 aromatic heterocycles. The van der Waals surface area contributed by atoms with Crippen molar-refractivity contribution < 1.29 is 14.6 Å². The van der Waals surface area contributed by atoms with Crippen molar-refractivity contribution in [3.8, 4) is 11.5 Å². The molecule has 2 heterocycles. The Balaban J connectivity index is 1.57. The van der Waals surface area contributed by atoms with Gasteiger partial charge in [0, 0.05) is 13.1 Å². The van der Waals surface area contributed by atoms with Crippen molar-refractivity contribution in [1.29, 1.82) is 0 Å². The number of fused-ring (bicyclic) bond motifs is 1. The van der Waals surface area contributed by atoms with Crippen molar-refractivity contribution in [2.75, 3.05) is 26.2 Å². The number of para-hydroxylation sites is 2. The molecule has 3 unspecified atom stereocenters. The highest BCUT2D eigenvalue weighted by Gasteiger charge is 2.28. The fourth-order valence-electron chi connectivity index (χ4n) is 2.72. The van der Waals surface area contributed by atoms with E-state index >= 15 is 0 Å². The van der Waals surface area contributed by atoms with Crippen molar-refractivity contribution in [3.05, 3.63) is 24.3 Å². The highest BCUT2D eigenvalue weighted by molar-refractivity contribution is 5.40. The molecule has 1 aromatic rings. The molecule has 3 atom stereocenters. The number of ether oxygens (including phenoxy) is 2. The van der Waals surface area contributed by atoms with Crippen LogP contribution in [-0.4, -0.2) is 48.5 Å². The summed E-state index contributed by atoms with van der Waals surface area (Å²) in [5.41, 5.74) is 0. The molecule has 1 saturated heterocycles. The zero-order valence-corrected chi connectivity index (χ0v) is 11.3. The second kappa shape index (κ2) is 5.39. The lowest BCUT2D eigenvalue weighted by Gasteiger charge is -2.37. The SMILES string of the molecule is CC1CCN(CC2COc3ccccc3O2)CC1O. The Kier molecular flexibility index (Phi) is 3.62. The van der Waals surface area contributed by atoms with Crippen LogP contribution in [0.4, 0.5) is 0 Å². The molecule has 104 valence electrons. The number of rotatable bonds is 2. The van der Waals surface area contributed by atoms with Gasteiger partial charge in [-0.1, -0.05) is 19.1 Å². The lowest BCUT2D eigenvalue weighted by atomic mass is 9.96. The molecule has 0 saturated carbocycles. The Hall–Kier alpha value is -1.26. The molecular formula is C15H21NO3. The second-order valence-corrected chi connectivity index (χ2v) is 5.59. The molecule has 0 amide bonds. The normalized spacial score (nSPS) is 31.2. The van der Waals surface area contributed by atoms with Crippen LogP contribution in [0.5, 0.6) is 11.5 Å². The zero-order valence-electron chi connectivity index (χ0n) is 11.3. The Labute approximate surface area is 113 Å². The summed E-state index contributed by atoms with van der Waals surface area (Å²) in [6.45, 7) is 5.28. The molecule has 0 spiro atoms. The van der Waals surface area contributed by atoms with Gasteiger partial charge in [0.25, 0.3) is 0 Å². The Morgan fingerprint density at radius 3 is 2.89 bits per heavy atom. The fraction of sp³-hybridized carbons (Fsp3) is 0.600. The van der Waals surface area contributed by atoms with Crippen LogP contribution < -0.4 is 9.47 Å². The van der Waals surface area contributed by atoms with Gasteiger partial charge in [0.2, 0.25) is 0 Å². The van der Waals surface area contributed by atoms with E-state index in [1.54, 1.807) is 0 Å². The van der Waals surface area contributed by atoms with Crippen LogP contribution >= 0.6 is 0 Å². The third kappa shape index (κ3) is 2.85. The van der Waals surface area contributed by atoms with E-state index in [4.69, 9.17) is 9.47 Å². The van der Waals surface area contributed by atoms with Gasteiger partial charge in [-0.3, -0.25) is 4.90 Å². The van der Waals surface area contributed by atoms with E-state index in [1.165, 1.54) is 0 Å². The number of piperidine rings is 1. The van der Waals surface area contributed by atoms with Crippen LogP contribution in [0.25, 0.3) is 0 Å². The van der Waals surface area contributed by atoms with Crippen LogP contribution in [0.1, 0.15) is 13.3 Å². The summed E-state index contributed by atoms with van der Waals surface area (Å²) in [4.78, 5) is 2.27. The number of hydrogen-bond acceptors (Lipinski definition) is 4. The van der Waals surface area contributed by atoms with Crippen LogP contribution in [0, 0.1) is 5.92 Å². The molecule has 2 aliphatic rings. The molecule has 2 aliphatic heterocycles. The number of β-amino-alcohol motifs (C(OH)–C–C–N with tert-alkyl or cyclic N) is 1. The molecule has 0 aliphatic carbocycles. The minimum absolute atomic E-state index is 0.0514. The maximum atomic E-state index is 9.92. The lowest BCUT2D eigenvalue weighted by Crippen LogP contribution is -2.48. The maximum Gasteiger partial charge on any atom is 0.161 e. The zero-order chi connectivity index (χ0) is 13.2. The van der Waals surface area contributed by atoms with Crippen molar-refractivity contribution in [3.63, 3.8) is 0 Å². The van der Waals surface area contributed by atoms with Crippen LogP contribution in [0.15, 0.2) is 24.3 Å². The van der Waals surface area contributed by atoms with Gasteiger partial charge in [0.15, 0.2) is 11.5 Å². The van der Waals surface area contributed by atoms with E-state index in [2.05, 4.69) is 11.8 Å². The van der Waals surface area contributed by atoms with Crippen LogP contribution in [0.2, 0.25) is 0 Å². The molecule has 19 heavy (non-hydrogen) atoms. The monoisotopic (exact) mass is 263 g/mol. The number of hydrogen-bond donors (Lipinski definition) is 1. The van der Waals surface area contributed by atoms with Gasteiger partial charge < -0.3 is 14.6 Å². The Bertz CT molecular complexity index is 437. The Morgan fingerprint density at radius 1 is 1.32 bits per heavy atom. The molecule has 0 radical (unpaired) electrons. The molecule has 0 bridgehead atoms. The van der Waals surface area contributed by atoms with E-state index in [1.807, 2.05) is 24.3 Å². The van der Waals surface area contributed by atoms with E-state index < -0.39 is 0 Å². The number of aliphatic hydroxyl groups is 1. The molecule has 4 nitrogen and oxygen atoms in total. The summed E-state index contributed by atoms with van der Waals surface area (Å²) >= 11 is 0. The first-order chi connectivity index (χ1) is 9.22. The molecule has 1 N–H and O–H groups in total. The van der Waals surface area contributed by atoms with Crippen molar-refractivity contribution in [1.82, 2.24) is 4.90 Å². The third-order valence-electron chi connectivity index (χ3n) is 4.03.